The molecule has 0 fully saturated rings. The lowest BCUT2D eigenvalue weighted by Crippen LogP contribution is -2.16. The van der Waals surface area contributed by atoms with E-state index in [0.29, 0.717) is 0 Å². The van der Waals surface area contributed by atoms with E-state index >= 15 is 0 Å². The topological polar surface area (TPSA) is 21.3 Å². The summed E-state index contributed by atoms with van der Waals surface area (Å²) in [6, 6.07) is 8.55. The predicted molar refractivity (Wildman–Crippen MR) is 96.9 cm³/mol. The summed E-state index contributed by atoms with van der Waals surface area (Å²) in [6.45, 7) is 12.1. The van der Waals surface area contributed by atoms with E-state index in [9.17, 15) is 0 Å². The van der Waals surface area contributed by atoms with Crippen molar-refractivity contribution in [2.45, 2.75) is 71.6 Å². The molecule has 2 heteroatoms. The van der Waals surface area contributed by atoms with Crippen molar-refractivity contribution in [3.05, 3.63) is 29.8 Å². The highest BCUT2D eigenvalue weighted by molar-refractivity contribution is 5.31. The number of hydrogen-bond acceptors (Lipinski definition) is 2. The highest BCUT2D eigenvalue weighted by atomic mass is 16.5. The molecule has 0 heterocycles. The molecular formula is C20H35NO. The van der Waals surface area contributed by atoms with Crippen LogP contribution in [0.3, 0.4) is 0 Å². The van der Waals surface area contributed by atoms with Crippen LogP contribution in [0.4, 0.5) is 0 Å². The van der Waals surface area contributed by atoms with Crippen molar-refractivity contribution in [2.24, 2.45) is 0 Å². The average molecular weight is 306 g/mol. The summed E-state index contributed by atoms with van der Waals surface area (Å²) in [5.41, 5.74) is 1.57. The molecule has 0 aliphatic rings. The van der Waals surface area contributed by atoms with Crippen LogP contribution in [-0.4, -0.2) is 19.7 Å². The number of hydrogen-bond donors (Lipinski definition) is 1. The van der Waals surface area contributed by atoms with Gasteiger partial charge in [0.15, 0.2) is 0 Å². The van der Waals surface area contributed by atoms with Gasteiger partial charge in [0.1, 0.15) is 5.75 Å². The van der Waals surface area contributed by atoms with Crippen molar-refractivity contribution in [2.75, 3.05) is 19.7 Å². The Morgan fingerprint density at radius 2 is 1.50 bits per heavy atom. The maximum atomic E-state index is 5.82. The van der Waals surface area contributed by atoms with Crippen LogP contribution in [-0.2, 0) is 5.41 Å². The lowest BCUT2D eigenvalue weighted by atomic mass is 9.87. The van der Waals surface area contributed by atoms with Crippen LogP contribution < -0.4 is 10.1 Å². The molecule has 0 aliphatic heterocycles. The molecule has 0 aromatic heterocycles. The van der Waals surface area contributed by atoms with Gasteiger partial charge in [0.2, 0.25) is 0 Å². The van der Waals surface area contributed by atoms with Crippen molar-refractivity contribution in [3.8, 4) is 5.75 Å². The van der Waals surface area contributed by atoms with Gasteiger partial charge in [-0.2, -0.15) is 0 Å². The summed E-state index contributed by atoms with van der Waals surface area (Å²) in [6.07, 6.45) is 7.56. The molecule has 0 radical (unpaired) electrons. The molecule has 0 saturated heterocycles. The summed E-state index contributed by atoms with van der Waals surface area (Å²) >= 11 is 0. The molecule has 0 unspecified atom stereocenters. The Kier molecular flexibility index (Phi) is 9.22. The Hall–Kier alpha value is -1.02. The van der Waals surface area contributed by atoms with Crippen molar-refractivity contribution in [3.63, 3.8) is 0 Å². The van der Waals surface area contributed by atoms with Crippen LogP contribution in [0.1, 0.15) is 71.8 Å². The normalized spacial score (nSPS) is 11.6. The van der Waals surface area contributed by atoms with Crippen molar-refractivity contribution in [1.82, 2.24) is 5.32 Å². The lowest BCUT2D eigenvalue weighted by Gasteiger charge is -2.19. The molecule has 0 bridgehead atoms. The third-order valence-corrected chi connectivity index (χ3v) is 3.94. The molecule has 1 rings (SSSR count). The zero-order valence-corrected chi connectivity index (χ0v) is 15.1. The molecule has 2 nitrogen and oxygen atoms in total. The molecule has 1 aromatic rings. The van der Waals surface area contributed by atoms with Crippen LogP contribution in [0.5, 0.6) is 5.75 Å². The minimum Gasteiger partial charge on any atom is -0.494 e. The largest absolute Gasteiger partial charge is 0.494 e. The Balaban J connectivity index is 2.03. The second kappa shape index (κ2) is 10.7. The Morgan fingerprint density at radius 3 is 2.14 bits per heavy atom. The maximum Gasteiger partial charge on any atom is 0.119 e. The highest BCUT2D eigenvalue weighted by Gasteiger charge is 2.12. The van der Waals surface area contributed by atoms with E-state index in [1.165, 1.54) is 44.2 Å². The average Bonchev–Trinajstić information content (AvgIpc) is 2.49. The van der Waals surface area contributed by atoms with E-state index in [1.54, 1.807) is 0 Å². The fourth-order valence-corrected chi connectivity index (χ4v) is 2.37. The van der Waals surface area contributed by atoms with Crippen LogP contribution >= 0.6 is 0 Å². The summed E-state index contributed by atoms with van der Waals surface area (Å²) in [4.78, 5) is 0. The highest BCUT2D eigenvalue weighted by Crippen LogP contribution is 2.24. The smallest absolute Gasteiger partial charge is 0.119 e. The zero-order valence-electron chi connectivity index (χ0n) is 15.1. The number of rotatable bonds is 11. The molecule has 0 amide bonds. The van der Waals surface area contributed by atoms with Gasteiger partial charge in [0.05, 0.1) is 6.61 Å². The minimum atomic E-state index is 0.212. The van der Waals surface area contributed by atoms with E-state index in [4.69, 9.17) is 4.74 Å². The zero-order chi connectivity index (χ0) is 16.3. The summed E-state index contributed by atoms with van der Waals surface area (Å²) < 4.78 is 5.82. The maximum absolute atomic E-state index is 5.82. The van der Waals surface area contributed by atoms with Gasteiger partial charge in [0, 0.05) is 0 Å². The first kappa shape index (κ1) is 19.0. The van der Waals surface area contributed by atoms with Crippen molar-refractivity contribution < 1.29 is 4.74 Å². The van der Waals surface area contributed by atoms with Gasteiger partial charge in [-0.3, -0.25) is 0 Å². The van der Waals surface area contributed by atoms with Crippen molar-refractivity contribution in [1.29, 1.82) is 0 Å². The van der Waals surface area contributed by atoms with Crippen LogP contribution in [0.2, 0.25) is 0 Å². The van der Waals surface area contributed by atoms with Gasteiger partial charge in [-0.15, -0.1) is 0 Å². The molecule has 0 aliphatic carbocycles. The van der Waals surface area contributed by atoms with Crippen LogP contribution in [0.15, 0.2) is 24.3 Å². The third-order valence-electron chi connectivity index (χ3n) is 3.94. The van der Waals surface area contributed by atoms with Gasteiger partial charge in [-0.1, -0.05) is 59.1 Å². The predicted octanol–water partition coefficient (Wildman–Crippen LogP) is 5.31. The first-order valence-electron chi connectivity index (χ1n) is 8.98. The van der Waals surface area contributed by atoms with Gasteiger partial charge < -0.3 is 10.1 Å². The lowest BCUT2D eigenvalue weighted by molar-refractivity contribution is 0.304. The van der Waals surface area contributed by atoms with Gasteiger partial charge >= 0.3 is 0 Å². The van der Waals surface area contributed by atoms with E-state index in [0.717, 1.165) is 25.3 Å². The van der Waals surface area contributed by atoms with Gasteiger partial charge in [0.25, 0.3) is 0 Å². The monoisotopic (exact) mass is 305 g/mol. The first-order valence-corrected chi connectivity index (χ1v) is 8.98. The second-order valence-corrected chi connectivity index (χ2v) is 7.14. The van der Waals surface area contributed by atoms with E-state index < -0.39 is 0 Å². The summed E-state index contributed by atoms with van der Waals surface area (Å²) in [5, 5.41) is 3.49. The fraction of sp³-hybridized carbons (Fsp3) is 0.700. The minimum absolute atomic E-state index is 0.212. The Morgan fingerprint density at radius 1 is 0.864 bits per heavy atom. The molecule has 0 spiro atoms. The molecule has 1 N–H and O–H groups in total. The van der Waals surface area contributed by atoms with Crippen LogP contribution in [0, 0.1) is 0 Å². The van der Waals surface area contributed by atoms with Gasteiger partial charge in [-0.05, 0) is 55.5 Å². The molecule has 22 heavy (non-hydrogen) atoms. The number of nitrogens with one attached hydrogen (secondary N) is 1. The van der Waals surface area contributed by atoms with E-state index in [2.05, 4.69) is 57.3 Å². The number of ether oxygens (including phenoxy) is 1. The Bertz CT molecular complexity index is 378. The van der Waals surface area contributed by atoms with E-state index in [1.807, 2.05) is 0 Å². The molecule has 0 atom stereocenters. The molecular weight excluding hydrogens is 270 g/mol. The number of unbranched alkanes of at least 4 members (excludes halogenated alkanes) is 4. The Labute approximate surface area is 137 Å². The fourth-order valence-electron chi connectivity index (χ4n) is 2.37. The van der Waals surface area contributed by atoms with Gasteiger partial charge in [-0.25, -0.2) is 0 Å². The summed E-state index contributed by atoms with van der Waals surface area (Å²) in [7, 11) is 0. The molecule has 0 saturated carbocycles. The summed E-state index contributed by atoms with van der Waals surface area (Å²) in [5.74, 6) is 0.995. The quantitative estimate of drug-likeness (QED) is 0.559. The SMILES string of the molecule is CCCCNCCCCCCOc1ccc(C(C)(C)C)cc1. The molecule has 1 aromatic carbocycles. The van der Waals surface area contributed by atoms with Crippen LogP contribution in [0.25, 0.3) is 0 Å². The van der Waals surface area contributed by atoms with Crippen molar-refractivity contribution >= 4 is 0 Å². The first-order chi connectivity index (χ1) is 10.5. The third kappa shape index (κ3) is 8.43. The standard InChI is InChI=1S/C20H35NO/c1-5-6-15-21-16-9-7-8-10-17-22-19-13-11-18(12-14-19)20(2,3)4/h11-14,21H,5-10,15-17H2,1-4H3. The molecule has 126 valence electrons. The number of benzene rings is 1. The van der Waals surface area contributed by atoms with E-state index in [-0.39, 0.29) is 5.41 Å². The second-order valence-electron chi connectivity index (χ2n) is 7.14.